The van der Waals surface area contributed by atoms with E-state index in [9.17, 15) is 0 Å². The maximum absolute atomic E-state index is 4.06. The molecule has 0 aromatic rings. The first-order chi connectivity index (χ1) is 2.89. The van der Waals surface area contributed by atoms with Crippen LogP contribution in [0.25, 0.3) is 0 Å². The van der Waals surface area contributed by atoms with Crippen molar-refractivity contribution >= 4 is 12.6 Å². The van der Waals surface area contributed by atoms with Crippen molar-refractivity contribution in [1.29, 1.82) is 0 Å². The van der Waals surface area contributed by atoms with Gasteiger partial charge in [0, 0.05) is 6.54 Å². The molecular weight excluding hydrogens is 98.1 g/mol. The van der Waals surface area contributed by atoms with Gasteiger partial charge in [-0.05, 0) is 0 Å². The monoisotopic (exact) mass is 105 g/mol. The highest BCUT2D eigenvalue weighted by Gasteiger charge is 2.04. The van der Waals surface area contributed by atoms with Crippen LogP contribution < -0.4 is 16.4 Å². The van der Waals surface area contributed by atoms with Gasteiger partial charge in [0.1, 0.15) is 0 Å². The number of hydrogen-bond donors (Lipinski definition) is 4. The fraction of sp³-hybridized carbons (Fsp3) is 1.00. The molecule has 0 aromatic heterocycles. The van der Waals surface area contributed by atoms with Gasteiger partial charge in [-0.1, -0.05) is 0 Å². The largest absolute Gasteiger partial charge is 0.242 e. The van der Waals surface area contributed by atoms with Crippen molar-refractivity contribution in [2.24, 2.45) is 0 Å². The zero-order chi connectivity index (χ0) is 4.41. The molecular formula is C2H7N3S. The van der Waals surface area contributed by atoms with Crippen LogP contribution in [0.5, 0.6) is 0 Å². The molecule has 1 rings (SSSR count). The molecule has 0 amide bonds. The van der Waals surface area contributed by atoms with Crippen molar-refractivity contribution in [2.45, 2.75) is 5.37 Å². The summed E-state index contributed by atoms with van der Waals surface area (Å²) in [6, 6.07) is 0. The molecule has 4 heteroatoms. The van der Waals surface area contributed by atoms with Crippen molar-refractivity contribution in [3.63, 3.8) is 0 Å². The predicted molar refractivity (Wildman–Crippen MR) is 27.0 cm³/mol. The Morgan fingerprint density at radius 3 is 2.67 bits per heavy atom. The molecule has 1 saturated heterocycles. The van der Waals surface area contributed by atoms with Gasteiger partial charge in [-0.15, -0.1) is 0 Å². The van der Waals surface area contributed by atoms with E-state index in [1.54, 1.807) is 0 Å². The number of thiol groups is 1. The molecule has 0 bridgehead atoms. The average Bonchev–Trinajstić information content (AvgIpc) is 1.86. The molecule has 1 heterocycles. The minimum absolute atomic E-state index is 0.269. The Hall–Kier alpha value is 0.230. The Morgan fingerprint density at radius 2 is 2.50 bits per heavy atom. The first-order valence-corrected chi connectivity index (χ1v) is 2.33. The molecule has 0 aromatic carbocycles. The van der Waals surface area contributed by atoms with Crippen molar-refractivity contribution in [2.75, 3.05) is 6.54 Å². The summed E-state index contributed by atoms with van der Waals surface area (Å²) in [5.74, 6) is 0. The van der Waals surface area contributed by atoms with Crippen LogP contribution in [-0.2, 0) is 0 Å². The van der Waals surface area contributed by atoms with Crippen LogP contribution in [0.15, 0.2) is 0 Å². The second-order valence-electron chi connectivity index (χ2n) is 1.17. The molecule has 36 valence electrons. The van der Waals surface area contributed by atoms with E-state index in [0.29, 0.717) is 0 Å². The van der Waals surface area contributed by atoms with Gasteiger partial charge in [0.05, 0.1) is 5.37 Å². The third kappa shape index (κ3) is 0.844. The van der Waals surface area contributed by atoms with Gasteiger partial charge < -0.3 is 0 Å². The Labute approximate surface area is 41.8 Å². The molecule has 0 saturated carbocycles. The summed E-state index contributed by atoms with van der Waals surface area (Å²) in [5, 5.41) is 0.269. The Bertz CT molecular complexity index is 42.1. The highest BCUT2D eigenvalue weighted by atomic mass is 32.1. The maximum atomic E-state index is 4.06. The Morgan fingerprint density at radius 1 is 1.67 bits per heavy atom. The number of hydrogen-bond acceptors (Lipinski definition) is 4. The predicted octanol–water partition coefficient (Wildman–Crippen LogP) is -1.15. The standard InChI is InChI=1S/C2H7N3S/c6-2-1-3-5-4-2/h2-6H,1H2. The number of nitrogens with one attached hydrogen (secondary N) is 3. The molecule has 1 aliphatic heterocycles. The summed E-state index contributed by atoms with van der Waals surface area (Å²) in [6.07, 6.45) is 0. The second-order valence-corrected chi connectivity index (χ2v) is 1.79. The van der Waals surface area contributed by atoms with Crippen LogP contribution in [0.1, 0.15) is 0 Å². The highest BCUT2D eigenvalue weighted by Crippen LogP contribution is 1.85. The third-order valence-corrected chi connectivity index (χ3v) is 0.934. The lowest BCUT2D eigenvalue weighted by molar-refractivity contribution is 0.587. The molecule has 0 spiro atoms. The van der Waals surface area contributed by atoms with E-state index in [1.807, 2.05) is 0 Å². The molecule has 6 heavy (non-hydrogen) atoms. The van der Waals surface area contributed by atoms with Crippen molar-refractivity contribution < 1.29 is 0 Å². The van der Waals surface area contributed by atoms with E-state index in [-0.39, 0.29) is 5.37 Å². The first-order valence-electron chi connectivity index (χ1n) is 1.81. The molecule has 3 N–H and O–H groups in total. The number of hydrazine groups is 2. The van der Waals surface area contributed by atoms with E-state index in [2.05, 4.69) is 29.0 Å². The summed E-state index contributed by atoms with van der Waals surface area (Å²) >= 11 is 4.06. The smallest absolute Gasteiger partial charge is 0.0788 e. The van der Waals surface area contributed by atoms with Gasteiger partial charge in [0.25, 0.3) is 0 Å². The molecule has 1 aliphatic rings. The van der Waals surface area contributed by atoms with Crippen molar-refractivity contribution in [3.8, 4) is 0 Å². The summed E-state index contributed by atoms with van der Waals surface area (Å²) in [6.45, 7) is 0.878. The zero-order valence-corrected chi connectivity index (χ0v) is 4.13. The zero-order valence-electron chi connectivity index (χ0n) is 3.23. The summed E-state index contributed by atoms with van der Waals surface area (Å²) < 4.78 is 0. The molecule has 1 unspecified atom stereocenters. The third-order valence-electron chi connectivity index (χ3n) is 0.623. The van der Waals surface area contributed by atoms with E-state index in [0.717, 1.165) is 6.54 Å². The van der Waals surface area contributed by atoms with Crippen LogP contribution in [0.4, 0.5) is 0 Å². The average molecular weight is 105 g/mol. The molecule has 0 aliphatic carbocycles. The molecule has 1 fully saturated rings. The Balaban J connectivity index is 2.18. The van der Waals surface area contributed by atoms with Crippen molar-refractivity contribution in [1.82, 2.24) is 16.4 Å². The topological polar surface area (TPSA) is 36.1 Å². The van der Waals surface area contributed by atoms with E-state index in [4.69, 9.17) is 0 Å². The van der Waals surface area contributed by atoms with Gasteiger partial charge in [-0.2, -0.15) is 18.2 Å². The van der Waals surface area contributed by atoms with Gasteiger partial charge in [0.2, 0.25) is 0 Å². The lowest BCUT2D eigenvalue weighted by Crippen LogP contribution is -2.31. The minimum Gasteiger partial charge on any atom is -0.242 e. The molecule has 3 nitrogen and oxygen atoms in total. The number of rotatable bonds is 0. The Kier molecular flexibility index (Phi) is 1.31. The van der Waals surface area contributed by atoms with E-state index < -0.39 is 0 Å². The van der Waals surface area contributed by atoms with Gasteiger partial charge in [-0.3, -0.25) is 0 Å². The van der Waals surface area contributed by atoms with E-state index >= 15 is 0 Å². The van der Waals surface area contributed by atoms with Crippen LogP contribution in [0.2, 0.25) is 0 Å². The second kappa shape index (κ2) is 1.79. The van der Waals surface area contributed by atoms with Gasteiger partial charge in [0.15, 0.2) is 0 Å². The van der Waals surface area contributed by atoms with Crippen LogP contribution in [0.3, 0.4) is 0 Å². The summed E-state index contributed by atoms with van der Waals surface area (Å²) in [5.41, 5.74) is 8.35. The minimum atomic E-state index is 0.269. The molecule has 1 atom stereocenters. The summed E-state index contributed by atoms with van der Waals surface area (Å²) in [7, 11) is 0. The van der Waals surface area contributed by atoms with Crippen LogP contribution in [0, 0.1) is 0 Å². The van der Waals surface area contributed by atoms with Crippen LogP contribution in [-0.4, -0.2) is 11.9 Å². The molecule has 0 radical (unpaired) electrons. The highest BCUT2D eigenvalue weighted by molar-refractivity contribution is 7.80. The quantitative estimate of drug-likeness (QED) is 0.294. The lowest BCUT2D eigenvalue weighted by Gasteiger charge is -1.91. The summed E-state index contributed by atoms with van der Waals surface area (Å²) in [4.78, 5) is 0. The fourth-order valence-electron chi connectivity index (χ4n) is 0.333. The van der Waals surface area contributed by atoms with Gasteiger partial charge >= 0.3 is 0 Å². The fourth-order valence-corrected chi connectivity index (χ4v) is 0.489. The van der Waals surface area contributed by atoms with Gasteiger partial charge in [-0.25, -0.2) is 10.9 Å². The lowest BCUT2D eigenvalue weighted by atomic mass is 10.7. The normalized spacial score (nSPS) is 34.5. The van der Waals surface area contributed by atoms with E-state index in [1.165, 1.54) is 0 Å². The van der Waals surface area contributed by atoms with Crippen LogP contribution >= 0.6 is 12.6 Å². The SMILES string of the molecule is SC1CNNN1. The van der Waals surface area contributed by atoms with Crippen molar-refractivity contribution in [3.05, 3.63) is 0 Å². The first kappa shape index (κ1) is 4.39. The maximum Gasteiger partial charge on any atom is 0.0788 e.